The highest BCUT2D eigenvalue weighted by Gasteiger charge is 2.37. The predicted octanol–water partition coefficient (Wildman–Crippen LogP) is 13.3. The lowest BCUT2D eigenvalue weighted by Gasteiger charge is -2.36. The van der Waals surface area contributed by atoms with Gasteiger partial charge in [-0.3, -0.25) is 0 Å². The first kappa shape index (κ1) is 44.3. The van der Waals surface area contributed by atoms with E-state index in [2.05, 4.69) is 160 Å². The zero-order chi connectivity index (χ0) is 38.4. The molecule has 0 saturated carbocycles. The third-order valence-corrected chi connectivity index (χ3v) is 20.9. The van der Waals surface area contributed by atoms with Crippen LogP contribution >= 0.6 is 0 Å². The lowest BCUT2D eigenvalue weighted by atomic mass is 9.77. The minimum absolute atomic E-state index is 0.228. The maximum Gasteiger partial charge on any atom is 0.191 e. The summed E-state index contributed by atoms with van der Waals surface area (Å²) in [5, 5.41) is 0.455. The number of hydrogen-bond acceptors (Lipinski definition) is 4. The van der Waals surface area contributed by atoms with Gasteiger partial charge >= 0.3 is 0 Å². The second-order valence-electron chi connectivity index (χ2n) is 18.2. The molecule has 0 saturated heterocycles. The highest BCUT2D eigenvalue weighted by atomic mass is 28.4. The van der Waals surface area contributed by atoms with Gasteiger partial charge in [0.25, 0.3) is 0 Å². The summed E-state index contributed by atoms with van der Waals surface area (Å²) in [6.07, 6.45) is 5.26. The van der Waals surface area contributed by atoms with E-state index in [1.54, 1.807) is 0 Å². The summed E-state index contributed by atoms with van der Waals surface area (Å²) in [7, 11) is -3.46. The molecular formula is C46H74O4Si2. The molecule has 0 amide bonds. The van der Waals surface area contributed by atoms with Gasteiger partial charge in [-0.05, 0) is 102 Å². The van der Waals surface area contributed by atoms with Gasteiger partial charge < -0.3 is 18.3 Å². The molecule has 0 N–H and O–H groups in total. The summed E-state index contributed by atoms with van der Waals surface area (Å²) >= 11 is 0. The molecule has 3 aromatic rings. The van der Waals surface area contributed by atoms with Crippen LogP contribution in [0.2, 0.25) is 36.3 Å². The molecule has 52 heavy (non-hydrogen) atoms. The van der Waals surface area contributed by atoms with Crippen molar-refractivity contribution in [3.8, 4) is 0 Å². The first-order valence-electron chi connectivity index (χ1n) is 20.1. The minimum Gasteiger partial charge on any atom is -0.417 e. The Balaban J connectivity index is 1.75. The molecule has 0 aliphatic carbocycles. The maximum atomic E-state index is 6.37. The number of ether oxygens (including phenoxy) is 2. The fourth-order valence-electron chi connectivity index (χ4n) is 6.08. The van der Waals surface area contributed by atoms with E-state index in [9.17, 15) is 0 Å². The Morgan fingerprint density at radius 1 is 0.558 bits per heavy atom. The van der Waals surface area contributed by atoms with Crippen LogP contribution < -0.4 is 0 Å². The van der Waals surface area contributed by atoms with Crippen molar-refractivity contribution in [1.29, 1.82) is 0 Å². The SMILES string of the molecule is CCC(C)CC(CC(c1cccc(COCCCO[Si](C)(C)C(C)(C)C)c1)c1cccc(COCCCO[Si](C)(C)C(C)(C)C)c1)c1ccccc1. The standard InChI is InChI=1S/C46H74O4Si2/c1-13-37(2)31-43(40-23-15-14-16-24-40)34-44(41-25-17-21-38(32-41)35-47-27-19-29-49-51(9,10)45(3,4)5)42-26-18-22-39(33-42)36-48-28-20-30-50-52(11,12)46(6,7)8/h14-18,21-26,32-33,37,43-44H,13,19-20,27-31,34-36H2,1-12H3. The summed E-state index contributed by atoms with van der Waals surface area (Å²) < 4.78 is 25.2. The molecule has 3 aromatic carbocycles. The van der Waals surface area contributed by atoms with E-state index >= 15 is 0 Å². The largest absolute Gasteiger partial charge is 0.417 e. The summed E-state index contributed by atoms with van der Waals surface area (Å²) in [6, 6.07) is 29.4. The van der Waals surface area contributed by atoms with Crippen LogP contribution in [0.25, 0.3) is 0 Å². The van der Waals surface area contributed by atoms with Crippen LogP contribution in [0, 0.1) is 5.92 Å². The van der Waals surface area contributed by atoms with Crippen LogP contribution in [-0.2, 0) is 31.5 Å². The first-order chi connectivity index (χ1) is 24.4. The number of hydrogen-bond donors (Lipinski definition) is 0. The van der Waals surface area contributed by atoms with Crippen molar-refractivity contribution in [2.75, 3.05) is 26.4 Å². The highest BCUT2D eigenvalue weighted by molar-refractivity contribution is 6.74. The Bertz CT molecular complexity index is 1360. The molecule has 2 unspecified atom stereocenters. The van der Waals surface area contributed by atoms with Crippen molar-refractivity contribution < 1.29 is 18.3 Å². The lowest BCUT2D eigenvalue weighted by molar-refractivity contribution is 0.105. The molecule has 0 fully saturated rings. The normalized spacial score (nSPS) is 14.2. The van der Waals surface area contributed by atoms with E-state index in [1.807, 2.05) is 0 Å². The molecule has 0 aliphatic rings. The summed E-state index contributed by atoms with van der Waals surface area (Å²) in [4.78, 5) is 0. The van der Waals surface area contributed by atoms with Crippen molar-refractivity contribution in [3.63, 3.8) is 0 Å². The molecule has 0 aliphatic heterocycles. The van der Waals surface area contributed by atoms with Crippen molar-refractivity contribution in [2.24, 2.45) is 5.92 Å². The van der Waals surface area contributed by atoms with E-state index in [-0.39, 0.29) is 16.0 Å². The van der Waals surface area contributed by atoms with Crippen molar-refractivity contribution in [2.45, 2.75) is 149 Å². The molecule has 0 spiro atoms. The molecule has 290 valence electrons. The van der Waals surface area contributed by atoms with Crippen LogP contribution in [-0.4, -0.2) is 43.1 Å². The highest BCUT2D eigenvalue weighted by Crippen LogP contribution is 2.40. The third kappa shape index (κ3) is 14.3. The zero-order valence-electron chi connectivity index (χ0n) is 35.1. The molecule has 4 nitrogen and oxygen atoms in total. The van der Waals surface area contributed by atoms with Gasteiger partial charge in [0.2, 0.25) is 0 Å². The van der Waals surface area contributed by atoms with Crippen molar-refractivity contribution >= 4 is 16.6 Å². The molecule has 2 atom stereocenters. The molecule has 0 heterocycles. The molecule has 0 aromatic heterocycles. The smallest absolute Gasteiger partial charge is 0.191 e. The van der Waals surface area contributed by atoms with Gasteiger partial charge in [-0.1, -0.05) is 141 Å². The van der Waals surface area contributed by atoms with Crippen LogP contribution in [0.4, 0.5) is 0 Å². The summed E-state index contributed by atoms with van der Waals surface area (Å²) in [6.45, 7) is 31.9. The van der Waals surface area contributed by atoms with Crippen LogP contribution in [0.15, 0.2) is 78.9 Å². The molecule has 0 bridgehead atoms. The molecule has 0 radical (unpaired) electrons. The Labute approximate surface area is 321 Å². The zero-order valence-corrected chi connectivity index (χ0v) is 37.1. The van der Waals surface area contributed by atoms with Crippen molar-refractivity contribution in [3.05, 3.63) is 107 Å². The second-order valence-corrected chi connectivity index (χ2v) is 27.8. The van der Waals surface area contributed by atoms with E-state index in [0.717, 1.165) is 32.5 Å². The van der Waals surface area contributed by atoms with E-state index in [0.29, 0.717) is 38.3 Å². The minimum atomic E-state index is -1.73. The molecular weight excluding hydrogens is 673 g/mol. The van der Waals surface area contributed by atoms with E-state index in [4.69, 9.17) is 18.3 Å². The quantitative estimate of drug-likeness (QED) is 0.0758. The fourth-order valence-corrected chi connectivity index (χ4v) is 8.26. The van der Waals surface area contributed by atoms with Gasteiger partial charge in [0.15, 0.2) is 16.6 Å². The predicted molar refractivity (Wildman–Crippen MR) is 227 cm³/mol. The lowest BCUT2D eigenvalue weighted by Crippen LogP contribution is -2.41. The topological polar surface area (TPSA) is 36.9 Å². The summed E-state index contributed by atoms with van der Waals surface area (Å²) in [5.41, 5.74) is 6.60. The number of rotatable bonds is 22. The molecule has 3 rings (SSSR count). The monoisotopic (exact) mass is 747 g/mol. The van der Waals surface area contributed by atoms with E-state index in [1.165, 1.54) is 40.7 Å². The molecule has 6 heteroatoms. The van der Waals surface area contributed by atoms with Gasteiger partial charge in [-0.15, -0.1) is 0 Å². The van der Waals surface area contributed by atoms with Crippen LogP contribution in [0.3, 0.4) is 0 Å². The van der Waals surface area contributed by atoms with E-state index < -0.39 is 16.6 Å². The van der Waals surface area contributed by atoms with Gasteiger partial charge in [-0.25, -0.2) is 0 Å². The Morgan fingerprint density at radius 2 is 1.00 bits per heavy atom. The first-order valence-corrected chi connectivity index (χ1v) is 25.9. The third-order valence-electron chi connectivity index (χ3n) is 11.8. The van der Waals surface area contributed by atoms with Crippen LogP contribution in [0.5, 0.6) is 0 Å². The number of benzene rings is 3. The average Bonchev–Trinajstić information content (AvgIpc) is 3.09. The summed E-state index contributed by atoms with van der Waals surface area (Å²) in [5.74, 6) is 1.37. The van der Waals surface area contributed by atoms with Crippen molar-refractivity contribution in [1.82, 2.24) is 0 Å². The van der Waals surface area contributed by atoms with Gasteiger partial charge in [0, 0.05) is 32.3 Å². The second kappa shape index (κ2) is 20.6. The van der Waals surface area contributed by atoms with Gasteiger partial charge in [0.05, 0.1) is 13.2 Å². The fraction of sp³-hybridized carbons (Fsp3) is 0.609. The average molecular weight is 747 g/mol. The maximum absolute atomic E-state index is 6.37. The Hall–Kier alpha value is -2.07. The van der Waals surface area contributed by atoms with Gasteiger partial charge in [0.1, 0.15) is 0 Å². The Morgan fingerprint density at radius 3 is 1.42 bits per heavy atom. The van der Waals surface area contributed by atoms with Gasteiger partial charge in [-0.2, -0.15) is 0 Å². The Kier molecular flexibility index (Phi) is 17.5. The van der Waals surface area contributed by atoms with Crippen LogP contribution in [0.1, 0.15) is 127 Å².